The fourth-order valence-corrected chi connectivity index (χ4v) is 5.02. The summed E-state index contributed by atoms with van der Waals surface area (Å²) < 4.78 is 35.1. The Kier molecular flexibility index (Phi) is 7.68. The van der Waals surface area contributed by atoms with Gasteiger partial charge in [0.1, 0.15) is 11.5 Å². The summed E-state index contributed by atoms with van der Waals surface area (Å²) in [6.07, 6.45) is 0. The molecule has 12 heteroatoms. The van der Waals surface area contributed by atoms with Crippen LogP contribution in [0, 0.1) is 0 Å². The van der Waals surface area contributed by atoms with Gasteiger partial charge in [0.05, 0.1) is 35.8 Å². The number of ether oxygens (including phenoxy) is 2. The lowest BCUT2D eigenvalue weighted by atomic mass is 10.2. The van der Waals surface area contributed by atoms with Gasteiger partial charge < -0.3 is 20.1 Å². The monoisotopic (exact) mass is 561 g/mol. The van der Waals surface area contributed by atoms with Crippen LogP contribution in [0.25, 0.3) is 11.0 Å². The van der Waals surface area contributed by atoms with E-state index in [1.807, 2.05) is 17.5 Å². The molecular formula is C27H23N5O5S2. The molecule has 0 saturated carbocycles. The molecule has 0 bridgehead atoms. The molecule has 5 rings (SSSR count). The van der Waals surface area contributed by atoms with Crippen molar-refractivity contribution in [1.29, 1.82) is 0 Å². The van der Waals surface area contributed by atoms with Gasteiger partial charge in [-0.1, -0.05) is 24.3 Å². The Hall–Kier alpha value is -4.52. The zero-order valence-corrected chi connectivity index (χ0v) is 22.5. The smallest absolute Gasteiger partial charge is 0.268 e. The number of para-hydroxylation sites is 2. The third kappa shape index (κ3) is 5.82. The largest absolute Gasteiger partial charge is 0.497 e. The SMILES string of the molecule is COc1cc(Nc2nc3ccccc3nc2N(c2cccc(NC(=O)c3cccs3)c2)S(=O)O)cc(OC)c1. The minimum Gasteiger partial charge on any atom is -0.497 e. The number of carbonyl (C=O) groups excluding carboxylic acids is 1. The van der Waals surface area contributed by atoms with Crippen LogP contribution in [-0.4, -0.2) is 38.9 Å². The first kappa shape index (κ1) is 26.1. The molecule has 198 valence electrons. The molecule has 39 heavy (non-hydrogen) atoms. The maximum Gasteiger partial charge on any atom is 0.268 e. The topological polar surface area (TPSA) is 126 Å². The summed E-state index contributed by atoms with van der Waals surface area (Å²) in [5, 5.41) is 7.83. The predicted octanol–water partition coefficient (Wildman–Crippen LogP) is 5.98. The normalized spacial score (nSPS) is 11.6. The zero-order chi connectivity index (χ0) is 27.4. The van der Waals surface area contributed by atoms with Crippen LogP contribution in [0.1, 0.15) is 9.67 Å². The molecule has 0 aliphatic rings. The summed E-state index contributed by atoms with van der Waals surface area (Å²) in [4.78, 5) is 22.5. The number of fused-ring (bicyclic) bond motifs is 1. The summed E-state index contributed by atoms with van der Waals surface area (Å²) in [5.74, 6) is 1.13. The van der Waals surface area contributed by atoms with Gasteiger partial charge in [0.2, 0.25) is 0 Å². The van der Waals surface area contributed by atoms with Gasteiger partial charge in [0, 0.05) is 29.6 Å². The molecule has 0 radical (unpaired) electrons. The van der Waals surface area contributed by atoms with E-state index in [1.165, 1.54) is 11.3 Å². The summed E-state index contributed by atoms with van der Waals surface area (Å²) >= 11 is -1.23. The molecule has 2 aromatic heterocycles. The number of aromatic nitrogens is 2. The van der Waals surface area contributed by atoms with Crippen LogP contribution in [0.4, 0.5) is 28.7 Å². The Morgan fingerprint density at radius 3 is 2.26 bits per heavy atom. The van der Waals surface area contributed by atoms with Crippen LogP contribution in [0.2, 0.25) is 0 Å². The van der Waals surface area contributed by atoms with Gasteiger partial charge in [-0.15, -0.1) is 11.3 Å². The first-order valence-corrected chi connectivity index (χ1v) is 13.5. The van der Waals surface area contributed by atoms with E-state index in [0.29, 0.717) is 44.5 Å². The summed E-state index contributed by atoms with van der Waals surface area (Å²) in [5.41, 5.74) is 2.44. The van der Waals surface area contributed by atoms with Gasteiger partial charge in [-0.05, 0) is 41.8 Å². The number of benzene rings is 3. The van der Waals surface area contributed by atoms with Crippen molar-refractivity contribution in [1.82, 2.24) is 9.97 Å². The van der Waals surface area contributed by atoms with Crippen LogP contribution in [-0.2, 0) is 11.3 Å². The maximum absolute atomic E-state index is 12.8. The fourth-order valence-electron chi connectivity index (χ4n) is 3.83. The van der Waals surface area contributed by atoms with E-state index in [0.717, 1.165) is 4.31 Å². The van der Waals surface area contributed by atoms with Crippen molar-refractivity contribution in [2.24, 2.45) is 0 Å². The molecule has 0 aliphatic carbocycles. The molecule has 1 amide bonds. The quantitative estimate of drug-likeness (QED) is 0.188. The molecule has 3 N–H and O–H groups in total. The maximum atomic E-state index is 12.8. The minimum absolute atomic E-state index is 0.0954. The van der Waals surface area contributed by atoms with Gasteiger partial charge in [0.25, 0.3) is 17.2 Å². The van der Waals surface area contributed by atoms with E-state index in [4.69, 9.17) is 14.5 Å². The molecule has 0 aliphatic heterocycles. The molecule has 10 nitrogen and oxygen atoms in total. The second-order valence-corrected chi connectivity index (χ2v) is 9.89. The van der Waals surface area contributed by atoms with Crippen LogP contribution in [0.5, 0.6) is 11.5 Å². The van der Waals surface area contributed by atoms with Crippen LogP contribution in [0.3, 0.4) is 0 Å². The Balaban J connectivity index is 1.59. The third-order valence-corrected chi connectivity index (χ3v) is 7.16. The number of hydrogen-bond donors (Lipinski definition) is 3. The molecule has 0 saturated heterocycles. The van der Waals surface area contributed by atoms with Crippen molar-refractivity contribution < 1.29 is 23.0 Å². The average molecular weight is 562 g/mol. The molecule has 5 aromatic rings. The lowest BCUT2D eigenvalue weighted by Gasteiger charge is -2.23. The summed E-state index contributed by atoms with van der Waals surface area (Å²) in [6.45, 7) is 0. The highest BCUT2D eigenvalue weighted by molar-refractivity contribution is 7.81. The number of nitrogens with one attached hydrogen (secondary N) is 2. The number of rotatable bonds is 9. The molecule has 0 fully saturated rings. The number of hydrogen-bond acceptors (Lipinski definition) is 8. The number of amides is 1. The predicted molar refractivity (Wildman–Crippen MR) is 154 cm³/mol. The molecule has 1 atom stereocenters. The van der Waals surface area contributed by atoms with Gasteiger partial charge in [-0.2, -0.15) is 0 Å². The van der Waals surface area contributed by atoms with Crippen molar-refractivity contribution in [3.8, 4) is 11.5 Å². The van der Waals surface area contributed by atoms with E-state index in [2.05, 4.69) is 15.6 Å². The first-order valence-electron chi connectivity index (χ1n) is 11.6. The number of nitrogens with zero attached hydrogens (tertiary/aromatic N) is 3. The molecule has 1 unspecified atom stereocenters. The third-order valence-electron chi connectivity index (χ3n) is 5.60. The van der Waals surface area contributed by atoms with Crippen molar-refractivity contribution in [3.63, 3.8) is 0 Å². The van der Waals surface area contributed by atoms with E-state index >= 15 is 0 Å². The second-order valence-electron chi connectivity index (χ2n) is 8.12. The number of methoxy groups -OCH3 is 2. The van der Waals surface area contributed by atoms with Crippen LogP contribution >= 0.6 is 11.3 Å². The standard InChI is InChI=1S/C27H23N5O5S2/c1-36-20-14-18(15-21(16-20)37-2)28-25-26(31-23-10-4-3-9-22(23)30-25)32(39(34)35)19-8-5-7-17(13-19)29-27(33)24-11-6-12-38-24/h3-16H,1-2H3,(H,28,30)(H,29,33)(H,34,35). The molecular weight excluding hydrogens is 538 g/mol. The Morgan fingerprint density at radius 1 is 0.897 bits per heavy atom. The highest BCUT2D eigenvalue weighted by Gasteiger charge is 2.24. The van der Waals surface area contributed by atoms with Crippen LogP contribution in [0.15, 0.2) is 84.2 Å². The lowest BCUT2D eigenvalue weighted by Crippen LogP contribution is -2.22. The molecule has 3 aromatic carbocycles. The van der Waals surface area contributed by atoms with E-state index < -0.39 is 11.3 Å². The lowest BCUT2D eigenvalue weighted by molar-refractivity contribution is 0.103. The van der Waals surface area contributed by atoms with Gasteiger partial charge in [-0.25, -0.2) is 18.5 Å². The average Bonchev–Trinajstić information content (AvgIpc) is 3.49. The highest BCUT2D eigenvalue weighted by Crippen LogP contribution is 2.36. The van der Waals surface area contributed by atoms with Gasteiger partial charge in [-0.3, -0.25) is 9.35 Å². The van der Waals surface area contributed by atoms with Gasteiger partial charge in [0.15, 0.2) is 11.6 Å². The van der Waals surface area contributed by atoms with E-state index in [-0.39, 0.29) is 17.5 Å². The van der Waals surface area contributed by atoms with Crippen molar-refractivity contribution in [2.75, 3.05) is 29.2 Å². The highest BCUT2D eigenvalue weighted by atomic mass is 32.2. The van der Waals surface area contributed by atoms with Crippen molar-refractivity contribution >= 4 is 68.2 Å². The van der Waals surface area contributed by atoms with E-state index in [9.17, 15) is 13.6 Å². The van der Waals surface area contributed by atoms with Crippen molar-refractivity contribution in [2.45, 2.75) is 0 Å². The molecule has 2 heterocycles. The Morgan fingerprint density at radius 2 is 1.62 bits per heavy atom. The zero-order valence-electron chi connectivity index (χ0n) is 20.8. The Labute approximate surface area is 230 Å². The fraction of sp³-hybridized carbons (Fsp3) is 0.0741. The number of thiophene rings is 1. The molecule has 0 spiro atoms. The van der Waals surface area contributed by atoms with E-state index in [1.54, 1.807) is 80.9 Å². The van der Waals surface area contributed by atoms with Gasteiger partial charge >= 0.3 is 0 Å². The van der Waals surface area contributed by atoms with Crippen LogP contribution < -0.4 is 24.4 Å². The minimum atomic E-state index is -2.55. The Bertz CT molecular complexity index is 1640. The second kappa shape index (κ2) is 11.5. The first-order chi connectivity index (χ1) is 18.9. The summed E-state index contributed by atoms with van der Waals surface area (Å²) in [6, 6.07) is 22.5. The summed E-state index contributed by atoms with van der Waals surface area (Å²) in [7, 11) is 3.08. The number of anilines is 5. The number of carbonyl (C=O) groups is 1. The van der Waals surface area contributed by atoms with Crippen molar-refractivity contribution in [3.05, 3.63) is 89.1 Å².